The van der Waals surface area contributed by atoms with E-state index in [1.165, 1.54) is 24.6 Å². The van der Waals surface area contributed by atoms with Gasteiger partial charge in [-0.15, -0.1) is 0 Å². The van der Waals surface area contributed by atoms with E-state index < -0.39 is 11.6 Å². The van der Waals surface area contributed by atoms with Gasteiger partial charge >= 0.3 is 6.18 Å². The van der Waals surface area contributed by atoms with Crippen molar-refractivity contribution in [3.63, 3.8) is 0 Å². The molecule has 0 aromatic heterocycles. The molecule has 4 aliphatic heterocycles. The van der Waals surface area contributed by atoms with Crippen LogP contribution in [-0.2, 0) is 43.6 Å². The van der Waals surface area contributed by atoms with Gasteiger partial charge in [-0.05, 0) is 112 Å². The van der Waals surface area contributed by atoms with Gasteiger partial charge in [0, 0.05) is 19.3 Å². The van der Waals surface area contributed by atoms with Crippen molar-refractivity contribution in [2.75, 3.05) is 46.6 Å². The standard InChI is InChI=1S/C50H47F3O9/c1-48(28-62-48)23-31-3-4-34-18-41(12-7-33(34)15-31)58-29-60-46-13-8-38(16-36(46)21-43-24-55-43)49(2,50(51,52)53)39-9-14-47(37(17-39)22-44-25-56-44)61-30-59-42-11-6-32-5-10-40(19-35(32)20-42)54-26-45-27-57-45/h3-20,43-45H,21-30H2,1-2H3. The quantitative estimate of drug-likeness (QED) is 0.0584. The maximum atomic E-state index is 15.5. The van der Waals surface area contributed by atoms with Gasteiger partial charge in [0.2, 0.25) is 13.6 Å². The van der Waals surface area contributed by atoms with Crippen LogP contribution in [0.25, 0.3) is 21.5 Å². The maximum Gasteiger partial charge on any atom is 0.402 e. The summed E-state index contributed by atoms with van der Waals surface area (Å²) >= 11 is 0. The van der Waals surface area contributed by atoms with Gasteiger partial charge in [0.05, 0.1) is 44.2 Å². The molecule has 0 bridgehead atoms. The summed E-state index contributed by atoms with van der Waals surface area (Å²) in [5, 5.41) is 4.08. The molecular formula is C50H47F3O9. The van der Waals surface area contributed by atoms with Crippen LogP contribution in [0.1, 0.15) is 41.7 Å². The van der Waals surface area contributed by atoms with Crippen molar-refractivity contribution < 1.29 is 55.8 Å². The highest BCUT2D eigenvalue weighted by molar-refractivity contribution is 5.85. The van der Waals surface area contributed by atoms with Crippen LogP contribution in [0.5, 0.6) is 28.7 Å². The second-order valence-corrected chi connectivity index (χ2v) is 17.1. The smallest absolute Gasteiger partial charge is 0.402 e. The predicted octanol–water partition coefficient (Wildman–Crippen LogP) is 9.68. The first-order valence-corrected chi connectivity index (χ1v) is 21.0. The molecule has 5 atom stereocenters. The van der Waals surface area contributed by atoms with E-state index in [9.17, 15) is 0 Å². The molecule has 4 saturated heterocycles. The van der Waals surface area contributed by atoms with E-state index in [0.29, 0.717) is 66.8 Å². The Balaban J connectivity index is 0.845. The zero-order valence-corrected chi connectivity index (χ0v) is 34.5. The zero-order valence-electron chi connectivity index (χ0n) is 34.5. The number of rotatable bonds is 19. The molecule has 322 valence electrons. The molecule has 0 radical (unpaired) electrons. The molecule has 6 aromatic carbocycles. The molecular weight excluding hydrogens is 802 g/mol. The van der Waals surface area contributed by atoms with Gasteiger partial charge in [0.15, 0.2) is 0 Å². The normalized spacial score (nSPS) is 22.2. The van der Waals surface area contributed by atoms with Crippen molar-refractivity contribution in [1.82, 2.24) is 0 Å². The zero-order chi connectivity index (χ0) is 42.5. The van der Waals surface area contributed by atoms with Crippen LogP contribution >= 0.6 is 0 Å². The predicted molar refractivity (Wildman–Crippen MR) is 226 cm³/mol. The molecule has 12 heteroatoms. The molecule has 0 N–H and O–H groups in total. The maximum absolute atomic E-state index is 15.5. The fraction of sp³-hybridized carbons (Fsp3) is 0.360. The van der Waals surface area contributed by atoms with E-state index >= 15 is 13.2 Å². The van der Waals surface area contributed by atoms with Gasteiger partial charge in [-0.3, -0.25) is 0 Å². The van der Waals surface area contributed by atoms with Crippen LogP contribution in [0.3, 0.4) is 0 Å². The van der Waals surface area contributed by atoms with Crippen molar-refractivity contribution in [2.24, 2.45) is 0 Å². The Hall–Kier alpha value is -5.53. The Labute approximate surface area is 357 Å². The molecule has 4 fully saturated rings. The van der Waals surface area contributed by atoms with Gasteiger partial charge < -0.3 is 42.6 Å². The van der Waals surface area contributed by atoms with Gasteiger partial charge in [-0.25, -0.2) is 0 Å². The molecule has 0 saturated carbocycles. The minimum absolute atomic E-state index is 0.0664. The second kappa shape index (κ2) is 16.3. The topological polar surface area (TPSA) is 96.3 Å². The lowest BCUT2D eigenvalue weighted by atomic mass is 9.74. The molecule has 0 spiro atoms. The molecule has 9 nitrogen and oxygen atoms in total. The molecule has 5 unspecified atom stereocenters. The number of ether oxygens (including phenoxy) is 9. The third-order valence-corrected chi connectivity index (χ3v) is 12.1. The summed E-state index contributed by atoms with van der Waals surface area (Å²) < 4.78 is 98.4. The largest absolute Gasteiger partial charge is 0.491 e. The Kier molecular flexibility index (Phi) is 10.7. The Morgan fingerprint density at radius 3 is 1.56 bits per heavy atom. The Morgan fingerprint density at radius 1 is 0.565 bits per heavy atom. The highest BCUT2D eigenvalue weighted by Crippen LogP contribution is 2.48. The number of hydrogen-bond donors (Lipinski definition) is 0. The molecule has 62 heavy (non-hydrogen) atoms. The van der Waals surface area contributed by atoms with Crippen LogP contribution in [0.4, 0.5) is 13.2 Å². The van der Waals surface area contributed by atoms with Crippen LogP contribution in [0.2, 0.25) is 0 Å². The van der Waals surface area contributed by atoms with Crippen LogP contribution in [0.15, 0.2) is 109 Å². The average Bonchev–Trinajstić information content (AvgIpc) is 4.01. The minimum Gasteiger partial charge on any atom is -0.491 e. The molecule has 0 amide bonds. The minimum atomic E-state index is -4.65. The molecule has 0 aliphatic carbocycles. The Morgan fingerprint density at radius 2 is 1.05 bits per heavy atom. The summed E-state index contributed by atoms with van der Waals surface area (Å²) in [5.74, 6) is 2.81. The number of benzene rings is 6. The molecule has 6 aromatic rings. The van der Waals surface area contributed by atoms with Crippen LogP contribution in [0, 0.1) is 0 Å². The summed E-state index contributed by atoms with van der Waals surface area (Å²) in [6.45, 7) is 6.12. The van der Waals surface area contributed by atoms with E-state index in [2.05, 4.69) is 25.1 Å². The van der Waals surface area contributed by atoms with Gasteiger partial charge in [-0.1, -0.05) is 60.7 Å². The summed E-state index contributed by atoms with van der Waals surface area (Å²) in [6.07, 6.45) is -3.04. The first-order valence-electron chi connectivity index (χ1n) is 21.0. The van der Waals surface area contributed by atoms with Crippen molar-refractivity contribution in [3.8, 4) is 28.7 Å². The average molecular weight is 849 g/mol. The third-order valence-electron chi connectivity index (χ3n) is 12.1. The van der Waals surface area contributed by atoms with E-state index in [1.807, 2.05) is 54.6 Å². The number of alkyl halides is 3. The monoisotopic (exact) mass is 848 g/mol. The van der Waals surface area contributed by atoms with E-state index in [4.69, 9.17) is 42.6 Å². The first kappa shape index (κ1) is 40.5. The summed E-state index contributed by atoms with van der Waals surface area (Å²) in [7, 11) is 0. The SMILES string of the molecule is CC1(Cc2ccc3cc(OCOc4ccc(C(C)(c5ccc(OCOc6ccc7ccc(OCC8CO8)cc7c6)c(CC6CO6)c5)C(F)(F)F)cc4CC4CO4)ccc3c2)CO1. The van der Waals surface area contributed by atoms with Crippen molar-refractivity contribution in [3.05, 3.63) is 137 Å². The summed E-state index contributed by atoms with van der Waals surface area (Å²) in [5.41, 5.74) is 0.152. The van der Waals surface area contributed by atoms with Crippen molar-refractivity contribution in [2.45, 2.75) is 68.6 Å². The molecule has 10 rings (SSSR count). The van der Waals surface area contributed by atoms with Gasteiger partial charge in [-0.2, -0.15) is 13.2 Å². The van der Waals surface area contributed by atoms with Crippen molar-refractivity contribution >= 4 is 21.5 Å². The highest BCUT2D eigenvalue weighted by atomic mass is 19.4. The summed E-state index contributed by atoms with van der Waals surface area (Å²) in [4.78, 5) is 0. The van der Waals surface area contributed by atoms with Crippen LogP contribution < -0.4 is 23.7 Å². The van der Waals surface area contributed by atoms with E-state index in [1.54, 1.807) is 24.3 Å². The lowest BCUT2D eigenvalue weighted by Crippen LogP contribution is -2.40. The molecule has 4 heterocycles. The number of fused-ring (bicyclic) bond motifs is 2. The lowest BCUT2D eigenvalue weighted by molar-refractivity contribution is -0.173. The van der Waals surface area contributed by atoms with E-state index in [-0.39, 0.29) is 48.6 Å². The summed E-state index contributed by atoms with van der Waals surface area (Å²) in [6, 6.07) is 33.1. The van der Waals surface area contributed by atoms with Crippen LogP contribution in [-0.4, -0.2) is 76.7 Å². The number of hydrogen-bond acceptors (Lipinski definition) is 9. The number of epoxide rings is 4. The highest BCUT2D eigenvalue weighted by Gasteiger charge is 2.54. The molecule has 4 aliphatic rings. The number of halogens is 3. The first-order chi connectivity index (χ1) is 30.0. The van der Waals surface area contributed by atoms with E-state index in [0.717, 1.165) is 46.9 Å². The second-order valence-electron chi connectivity index (χ2n) is 17.1. The third kappa shape index (κ3) is 9.29. The van der Waals surface area contributed by atoms with Crippen molar-refractivity contribution in [1.29, 1.82) is 0 Å². The fourth-order valence-electron chi connectivity index (χ4n) is 7.93. The Bertz CT molecular complexity index is 2600. The fourth-order valence-corrected chi connectivity index (χ4v) is 7.93. The van der Waals surface area contributed by atoms with Gasteiger partial charge in [0.1, 0.15) is 46.9 Å². The lowest BCUT2D eigenvalue weighted by Gasteiger charge is -2.34. The van der Waals surface area contributed by atoms with Gasteiger partial charge in [0.25, 0.3) is 0 Å².